The molecule has 144 valence electrons. The zero-order valence-corrected chi connectivity index (χ0v) is 16.5. The number of benzene rings is 1. The van der Waals surface area contributed by atoms with E-state index in [0.717, 1.165) is 10.7 Å². The van der Waals surface area contributed by atoms with Crippen LogP contribution in [0.5, 0.6) is 0 Å². The van der Waals surface area contributed by atoms with E-state index >= 15 is 0 Å². The Morgan fingerprint density at radius 2 is 2.11 bits per heavy atom. The molecule has 2 amide bonds. The van der Waals surface area contributed by atoms with Crippen LogP contribution in [0.1, 0.15) is 36.8 Å². The van der Waals surface area contributed by atoms with Gasteiger partial charge in [-0.25, -0.2) is 4.98 Å². The number of aliphatic hydroxyl groups excluding tert-OH is 1. The second-order valence-corrected chi connectivity index (χ2v) is 8.04. The molecule has 7 heteroatoms. The van der Waals surface area contributed by atoms with E-state index in [1.54, 1.807) is 16.0 Å². The maximum absolute atomic E-state index is 12.9. The fourth-order valence-corrected chi connectivity index (χ4v) is 3.93. The third-order valence-electron chi connectivity index (χ3n) is 4.84. The Hall–Kier alpha value is -2.25. The average Bonchev–Trinajstić information content (AvgIpc) is 3.30. The molecule has 2 heterocycles. The van der Waals surface area contributed by atoms with Gasteiger partial charge in [-0.05, 0) is 23.6 Å². The summed E-state index contributed by atoms with van der Waals surface area (Å²) in [4.78, 5) is 32.9. The second-order valence-electron chi connectivity index (χ2n) is 7.06. The lowest BCUT2D eigenvalue weighted by Crippen LogP contribution is -2.38. The molecular weight excluding hydrogens is 362 g/mol. The lowest BCUT2D eigenvalue weighted by molar-refractivity contribution is -0.136. The number of carbonyl (C=O) groups is 2. The third-order valence-corrected chi connectivity index (χ3v) is 5.60. The van der Waals surface area contributed by atoms with Crippen molar-refractivity contribution in [3.05, 3.63) is 46.4 Å². The highest BCUT2D eigenvalue weighted by Gasteiger charge is 2.37. The molecule has 0 radical (unpaired) electrons. The fourth-order valence-electron chi connectivity index (χ4n) is 3.30. The summed E-state index contributed by atoms with van der Waals surface area (Å²) in [6, 6.07) is 7.95. The van der Waals surface area contributed by atoms with Gasteiger partial charge in [0.25, 0.3) is 0 Å². The summed E-state index contributed by atoms with van der Waals surface area (Å²) in [6.07, 6.45) is 1.90. The zero-order valence-electron chi connectivity index (χ0n) is 15.7. The van der Waals surface area contributed by atoms with Crippen LogP contribution >= 0.6 is 11.3 Å². The van der Waals surface area contributed by atoms with Crippen LogP contribution in [0.25, 0.3) is 0 Å². The third kappa shape index (κ3) is 4.54. The van der Waals surface area contributed by atoms with Crippen molar-refractivity contribution in [2.75, 3.05) is 24.6 Å². The minimum absolute atomic E-state index is 0.0381. The molecule has 1 aromatic heterocycles. The molecule has 0 aliphatic carbocycles. The van der Waals surface area contributed by atoms with Gasteiger partial charge in [-0.15, -0.1) is 11.3 Å². The summed E-state index contributed by atoms with van der Waals surface area (Å²) >= 11 is 1.47. The van der Waals surface area contributed by atoms with Crippen LogP contribution in [-0.2, 0) is 16.1 Å². The number of amides is 2. The van der Waals surface area contributed by atoms with Crippen molar-refractivity contribution < 1.29 is 14.7 Å². The number of anilines is 1. The number of hydrogen-bond acceptors (Lipinski definition) is 5. The van der Waals surface area contributed by atoms with Crippen LogP contribution in [0.15, 0.2) is 35.8 Å². The first kappa shape index (κ1) is 19.5. The first-order valence-electron chi connectivity index (χ1n) is 9.18. The highest BCUT2D eigenvalue weighted by Crippen LogP contribution is 2.28. The molecule has 1 aliphatic heterocycles. The van der Waals surface area contributed by atoms with Gasteiger partial charge >= 0.3 is 0 Å². The maximum Gasteiger partial charge on any atom is 0.228 e. The van der Waals surface area contributed by atoms with Crippen molar-refractivity contribution >= 4 is 28.8 Å². The molecule has 0 spiro atoms. The molecule has 1 unspecified atom stereocenters. The summed E-state index contributed by atoms with van der Waals surface area (Å²) in [7, 11) is 0. The van der Waals surface area contributed by atoms with Crippen LogP contribution < -0.4 is 4.90 Å². The van der Waals surface area contributed by atoms with Crippen LogP contribution in [-0.4, -0.2) is 46.5 Å². The van der Waals surface area contributed by atoms with E-state index in [0.29, 0.717) is 19.0 Å². The van der Waals surface area contributed by atoms with Gasteiger partial charge in [0.15, 0.2) is 0 Å². The number of rotatable bonds is 7. The summed E-state index contributed by atoms with van der Waals surface area (Å²) in [5, 5.41) is 12.0. The monoisotopic (exact) mass is 387 g/mol. The van der Waals surface area contributed by atoms with E-state index in [-0.39, 0.29) is 31.4 Å². The van der Waals surface area contributed by atoms with Gasteiger partial charge in [0.1, 0.15) is 5.01 Å². The van der Waals surface area contributed by atoms with Gasteiger partial charge < -0.3 is 14.9 Å². The molecule has 1 aromatic carbocycles. The van der Waals surface area contributed by atoms with Gasteiger partial charge in [-0.1, -0.05) is 26.0 Å². The highest BCUT2D eigenvalue weighted by molar-refractivity contribution is 7.09. The number of carbonyl (C=O) groups excluding carboxylic acids is 2. The van der Waals surface area contributed by atoms with Crippen LogP contribution in [0.2, 0.25) is 0 Å². The van der Waals surface area contributed by atoms with E-state index in [4.69, 9.17) is 0 Å². The van der Waals surface area contributed by atoms with Gasteiger partial charge in [-0.2, -0.15) is 0 Å². The van der Waals surface area contributed by atoms with Gasteiger partial charge in [0, 0.05) is 36.8 Å². The van der Waals surface area contributed by atoms with Crippen molar-refractivity contribution in [3.63, 3.8) is 0 Å². The van der Waals surface area contributed by atoms with Crippen LogP contribution in [0, 0.1) is 5.92 Å². The molecule has 1 saturated heterocycles. The van der Waals surface area contributed by atoms with E-state index in [1.165, 1.54) is 16.9 Å². The minimum Gasteiger partial charge on any atom is -0.395 e. The minimum atomic E-state index is -0.395. The van der Waals surface area contributed by atoms with Crippen molar-refractivity contribution in [2.45, 2.75) is 32.7 Å². The Morgan fingerprint density at radius 3 is 2.70 bits per heavy atom. The zero-order chi connectivity index (χ0) is 19.4. The lowest BCUT2D eigenvalue weighted by Gasteiger charge is -2.24. The predicted octanol–water partition coefficient (Wildman–Crippen LogP) is 2.64. The molecule has 0 saturated carbocycles. The summed E-state index contributed by atoms with van der Waals surface area (Å²) < 4.78 is 0. The molecule has 6 nitrogen and oxygen atoms in total. The van der Waals surface area contributed by atoms with E-state index in [9.17, 15) is 14.7 Å². The molecule has 27 heavy (non-hydrogen) atoms. The van der Waals surface area contributed by atoms with Crippen molar-refractivity contribution in [3.8, 4) is 0 Å². The van der Waals surface area contributed by atoms with Crippen molar-refractivity contribution in [1.29, 1.82) is 0 Å². The average molecular weight is 388 g/mol. The Balaban J connectivity index is 1.70. The van der Waals surface area contributed by atoms with E-state index in [2.05, 4.69) is 18.8 Å². The topological polar surface area (TPSA) is 73.7 Å². The number of aliphatic hydroxyl groups is 1. The van der Waals surface area contributed by atoms with Crippen LogP contribution in [0.3, 0.4) is 0 Å². The Bertz CT molecular complexity index is 774. The number of hydrogen-bond donors (Lipinski definition) is 1. The maximum atomic E-state index is 12.9. The molecule has 1 aliphatic rings. The van der Waals surface area contributed by atoms with E-state index < -0.39 is 5.92 Å². The largest absolute Gasteiger partial charge is 0.395 e. The quantitative estimate of drug-likeness (QED) is 0.793. The molecule has 1 fully saturated rings. The molecule has 1 N–H and O–H groups in total. The van der Waals surface area contributed by atoms with Gasteiger partial charge in [0.2, 0.25) is 11.8 Å². The normalized spacial score (nSPS) is 17.0. The molecule has 0 bridgehead atoms. The highest BCUT2D eigenvalue weighted by atomic mass is 32.1. The van der Waals surface area contributed by atoms with Crippen molar-refractivity contribution in [2.24, 2.45) is 5.92 Å². The molecule has 1 atom stereocenters. The SMILES string of the molecule is CC(C)c1ccc(N2CC(C(=O)N(CCO)Cc3nccs3)CC2=O)cc1. The first-order chi connectivity index (χ1) is 13.0. The van der Waals surface area contributed by atoms with Gasteiger partial charge in [-0.3, -0.25) is 9.59 Å². The number of aromatic nitrogens is 1. The summed E-state index contributed by atoms with van der Waals surface area (Å²) in [6.45, 7) is 5.12. The summed E-state index contributed by atoms with van der Waals surface area (Å²) in [5.41, 5.74) is 2.05. The predicted molar refractivity (Wildman–Crippen MR) is 106 cm³/mol. The fraction of sp³-hybridized carbons (Fsp3) is 0.450. The molecule has 2 aromatic rings. The van der Waals surface area contributed by atoms with Crippen molar-refractivity contribution in [1.82, 2.24) is 9.88 Å². The summed E-state index contributed by atoms with van der Waals surface area (Å²) in [5.74, 6) is -0.105. The smallest absolute Gasteiger partial charge is 0.228 e. The Morgan fingerprint density at radius 1 is 1.37 bits per heavy atom. The number of nitrogens with zero attached hydrogens (tertiary/aromatic N) is 3. The lowest BCUT2D eigenvalue weighted by atomic mass is 10.0. The molecular formula is C20H25N3O3S. The molecule has 3 rings (SSSR count). The first-order valence-corrected chi connectivity index (χ1v) is 10.1. The Kier molecular flexibility index (Phi) is 6.23. The Labute approximate surface area is 163 Å². The van der Waals surface area contributed by atoms with Gasteiger partial charge in [0.05, 0.1) is 19.1 Å². The van der Waals surface area contributed by atoms with Crippen LogP contribution in [0.4, 0.5) is 5.69 Å². The second kappa shape index (κ2) is 8.63. The van der Waals surface area contributed by atoms with E-state index in [1.807, 2.05) is 29.6 Å². The standard InChI is InChI=1S/C20H25N3O3S/c1-14(2)15-3-5-17(6-4-15)23-12-16(11-19(23)25)20(26)22(8-9-24)13-18-21-7-10-27-18/h3-7,10,14,16,24H,8-9,11-13H2,1-2H3. The number of thiazole rings is 1.